The monoisotopic (exact) mass is 233 g/mol. The second-order valence-electron chi connectivity index (χ2n) is 2.85. The van der Waals surface area contributed by atoms with Crippen LogP contribution in [-0.4, -0.2) is 19.2 Å². The summed E-state index contributed by atoms with van der Waals surface area (Å²) in [6, 6.07) is 3.21. The molecule has 0 radical (unpaired) electrons. The van der Waals surface area contributed by atoms with Gasteiger partial charge < -0.3 is 0 Å². The van der Waals surface area contributed by atoms with E-state index in [1.807, 2.05) is 6.92 Å². The first-order valence-corrected chi connectivity index (χ1v) is 6.42. The lowest BCUT2D eigenvalue weighted by Crippen LogP contribution is -2.06. The first-order chi connectivity index (χ1) is 6.51. The van der Waals surface area contributed by atoms with Crippen LogP contribution in [0.15, 0.2) is 17.0 Å². The van der Waals surface area contributed by atoms with Gasteiger partial charge in [-0.05, 0) is 18.6 Å². The van der Waals surface area contributed by atoms with E-state index in [-0.39, 0.29) is 15.8 Å². The third-order valence-corrected chi connectivity index (χ3v) is 4.11. The Morgan fingerprint density at radius 1 is 1.36 bits per heavy atom. The van der Waals surface area contributed by atoms with Crippen molar-refractivity contribution in [2.75, 3.05) is 5.75 Å². The minimum Gasteiger partial charge on any atom is -0.240 e. The Morgan fingerprint density at radius 3 is 2.43 bits per heavy atom. The number of aromatic nitrogens is 1. The van der Waals surface area contributed by atoms with E-state index in [1.54, 1.807) is 13.0 Å². The molecule has 3 nitrogen and oxygen atoms in total. The Kier molecular flexibility index (Phi) is 3.50. The van der Waals surface area contributed by atoms with Crippen LogP contribution in [0.5, 0.6) is 0 Å². The molecule has 0 aliphatic heterocycles. The van der Waals surface area contributed by atoms with E-state index in [0.29, 0.717) is 0 Å². The molecule has 1 heterocycles. The standard InChI is InChI=1S/C9H12ClNO2S/c1-3-7-5-6-8(9(10)11-7)14(12,13)4-2/h5-6H,3-4H2,1-2H3. The molecule has 0 atom stereocenters. The Balaban J connectivity index is 3.26. The summed E-state index contributed by atoms with van der Waals surface area (Å²) in [6.07, 6.45) is 0.742. The van der Waals surface area contributed by atoms with Crippen LogP contribution in [0.3, 0.4) is 0 Å². The van der Waals surface area contributed by atoms with E-state index in [4.69, 9.17) is 11.6 Å². The largest absolute Gasteiger partial charge is 0.240 e. The molecule has 78 valence electrons. The van der Waals surface area contributed by atoms with Crippen LogP contribution < -0.4 is 0 Å². The van der Waals surface area contributed by atoms with Gasteiger partial charge in [0.05, 0.1) is 5.75 Å². The Bertz CT molecular complexity index is 428. The van der Waals surface area contributed by atoms with Crippen LogP contribution >= 0.6 is 11.6 Å². The van der Waals surface area contributed by atoms with E-state index in [9.17, 15) is 8.42 Å². The second kappa shape index (κ2) is 4.28. The molecule has 0 aliphatic rings. The average molecular weight is 234 g/mol. The quantitative estimate of drug-likeness (QED) is 0.752. The molecule has 0 aromatic carbocycles. The summed E-state index contributed by atoms with van der Waals surface area (Å²) in [5.74, 6) is 0.0415. The zero-order valence-electron chi connectivity index (χ0n) is 8.12. The molecule has 0 unspecified atom stereocenters. The first kappa shape index (κ1) is 11.5. The summed E-state index contributed by atoms with van der Waals surface area (Å²) in [4.78, 5) is 4.12. The van der Waals surface area contributed by atoms with E-state index in [1.165, 1.54) is 6.07 Å². The highest BCUT2D eigenvalue weighted by Crippen LogP contribution is 2.20. The number of rotatable bonds is 3. The van der Waals surface area contributed by atoms with E-state index in [2.05, 4.69) is 4.98 Å². The maximum Gasteiger partial charge on any atom is 0.181 e. The Morgan fingerprint density at radius 2 is 2.00 bits per heavy atom. The fourth-order valence-electron chi connectivity index (χ4n) is 1.04. The van der Waals surface area contributed by atoms with Crippen molar-refractivity contribution in [3.63, 3.8) is 0 Å². The van der Waals surface area contributed by atoms with Gasteiger partial charge in [-0.2, -0.15) is 0 Å². The van der Waals surface area contributed by atoms with Crippen LogP contribution in [-0.2, 0) is 16.3 Å². The molecule has 0 amide bonds. The lowest BCUT2D eigenvalue weighted by molar-refractivity contribution is 0.597. The minimum absolute atomic E-state index is 0.0415. The third kappa shape index (κ3) is 2.25. The number of pyridine rings is 1. The minimum atomic E-state index is -3.25. The van der Waals surface area contributed by atoms with Gasteiger partial charge in [0.1, 0.15) is 10.0 Å². The SMILES string of the molecule is CCc1ccc(S(=O)(=O)CC)c(Cl)n1. The van der Waals surface area contributed by atoms with Gasteiger partial charge in [-0.1, -0.05) is 25.4 Å². The van der Waals surface area contributed by atoms with Crippen molar-refractivity contribution in [2.24, 2.45) is 0 Å². The van der Waals surface area contributed by atoms with E-state index in [0.717, 1.165) is 12.1 Å². The number of hydrogen-bond donors (Lipinski definition) is 0. The molecule has 5 heteroatoms. The van der Waals surface area contributed by atoms with Gasteiger partial charge in [-0.3, -0.25) is 0 Å². The van der Waals surface area contributed by atoms with Crippen LogP contribution in [0.4, 0.5) is 0 Å². The summed E-state index contributed by atoms with van der Waals surface area (Å²) < 4.78 is 23.0. The molecule has 1 aromatic heterocycles. The first-order valence-electron chi connectivity index (χ1n) is 4.39. The van der Waals surface area contributed by atoms with Crippen molar-refractivity contribution in [3.8, 4) is 0 Å². The zero-order valence-corrected chi connectivity index (χ0v) is 9.69. The van der Waals surface area contributed by atoms with Crippen molar-refractivity contribution in [2.45, 2.75) is 25.2 Å². The number of nitrogens with zero attached hydrogens (tertiary/aromatic N) is 1. The highest BCUT2D eigenvalue weighted by atomic mass is 35.5. The number of aryl methyl sites for hydroxylation is 1. The topological polar surface area (TPSA) is 47.0 Å². The summed E-state index contributed by atoms with van der Waals surface area (Å²) in [7, 11) is -3.25. The molecule has 14 heavy (non-hydrogen) atoms. The summed E-state index contributed by atoms with van der Waals surface area (Å²) >= 11 is 5.78. The molecule has 0 spiro atoms. The van der Waals surface area contributed by atoms with Crippen molar-refractivity contribution < 1.29 is 8.42 Å². The lowest BCUT2D eigenvalue weighted by atomic mass is 10.3. The molecular formula is C9H12ClNO2S. The molecule has 1 aromatic rings. The van der Waals surface area contributed by atoms with Crippen LogP contribution in [0.25, 0.3) is 0 Å². The van der Waals surface area contributed by atoms with Crippen LogP contribution in [0.2, 0.25) is 5.15 Å². The fraction of sp³-hybridized carbons (Fsp3) is 0.444. The molecule has 1 rings (SSSR count). The van der Waals surface area contributed by atoms with Gasteiger partial charge in [-0.25, -0.2) is 13.4 Å². The number of hydrogen-bond acceptors (Lipinski definition) is 3. The Hall–Kier alpha value is -0.610. The van der Waals surface area contributed by atoms with Crippen molar-refractivity contribution in [3.05, 3.63) is 23.0 Å². The molecule has 0 bridgehead atoms. The van der Waals surface area contributed by atoms with Gasteiger partial charge in [-0.15, -0.1) is 0 Å². The predicted octanol–water partition coefficient (Wildman–Crippen LogP) is 2.09. The number of halogens is 1. The zero-order chi connectivity index (χ0) is 10.8. The highest BCUT2D eigenvalue weighted by molar-refractivity contribution is 7.91. The predicted molar refractivity (Wildman–Crippen MR) is 56.4 cm³/mol. The fourth-order valence-corrected chi connectivity index (χ4v) is 2.46. The smallest absolute Gasteiger partial charge is 0.181 e. The highest BCUT2D eigenvalue weighted by Gasteiger charge is 2.16. The van der Waals surface area contributed by atoms with Crippen LogP contribution in [0, 0.1) is 0 Å². The van der Waals surface area contributed by atoms with Gasteiger partial charge in [0.2, 0.25) is 0 Å². The molecule has 0 aliphatic carbocycles. The number of sulfone groups is 1. The normalized spacial score (nSPS) is 11.6. The van der Waals surface area contributed by atoms with E-state index >= 15 is 0 Å². The van der Waals surface area contributed by atoms with Crippen molar-refractivity contribution >= 4 is 21.4 Å². The van der Waals surface area contributed by atoms with Crippen LogP contribution in [0.1, 0.15) is 19.5 Å². The molecule has 0 saturated carbocycles. The van der Waals surface area contributed by atoms with Gasteiger partial charge in [0.15, 0.2) is 9.84 Å². The van der Waals surface area contributed by atoms with Crippen molar-refractivity contribution in [1.82, 2.24) is 4.98 Å². The summed E-state index contributed by atoms with van der Waals surface area (Å²) in [5, 5.41) is 0.0752. The van der Waals surface area contributed by atoms with Gasteiger partial charge >= 0.3 is 0 Å². The molecule has 0 N–H and O–H groups in total. The summed E-state index contributed by atoms with van der Waals surface area (Å²) in [6.45, 7) is 3.52. The maximum absolute atomic E-state index is 11.5. The average Bonchev–Trinajstić information content (AvgIpc) is 2.17. The lowest BCUT2D eigenvalue weighted by Gasteiger charge is -2.04. The summed E-state index contributed by atoms with van der Waals surface area (Å²) in [5.41, 5.74) is 0.796. The van der Waals surface area contributed by atoms with E-state index < -0.39 is 9.84 Å². The van der Waals surface area contributed by atoms with Gasteiger partial charge in [0, 0.05) is 5.69 Å². The van der Waals surface area contributed by atoms with Crippen molar-refractivity contribution in [1.29, 1.82) is 0 Å². The third-order valence-electron chi connectivity index (χ3n) is 1.95. The Labute approximate surface area is 89.0 Å². The molecule has 0 fully saturated rings. The molecular weight excluding hydrogens is 222 g/mol. The molecule has 0 saturated heterocycles. The second-order valence-corrected chi connectivity index (χ2v) is 5.45. The van der Waals surface area contributed by atoms with Gasteiger partial charge in [0.25, 0.3) is 0 Å². The maximum atomic E-state index is 11.5.